The molecule has 0 aliphatic carbocycles. The maximum atomic E-state index is 12.5. The summed E-state index contributed by atoms with van der Waals surface area (Å²) in [7, 11) is 3.10. The Morgan fingerprint density at radius 3 is 2.61 bits per heavy atom. The predicted molar refractivity (Wildman–Crippen MR) is 108 cm³/mol. The van der Waals surface area contributed by atoms with Crippen LogP contribution in [0.15, 0.2) is 33.4 Å². The Bertz CT molecular complexity index is 1120. The standard InChI is InChI=1S/C19H23N5O3S/c1-21-17-15(18(26)22(2)19(21)27)24(12-20-17)10-9-23-7-5-13(6-8-23)16(25)14-4-3-11-28-14/h3-4,11-13H,5-10H2,1-2H3. The molecule has 0 spiro atoms. The Morgan fingerprint density at radius 2 is 1.93 bits per heavy atom. The number of rotatable bonds is 5. The lowest BCUT2D eigenvalue weighted by Gasteiger charge is -2.31. The van der Waals surface area contributed by atoms with Crippen LogP contribution in [0, 0.1) is 5.92 Å². The van der Waals surface area contributed by atoms with E-state index >= 15 is 0 Å². The molecule has 4 heterocycles. The van der Waals surface area contributed by atoms with Crippen molar-refractivity contribution < 1.29 is 4.79 Å². The molecular formula is C19H23N5O3S. The van der Waals surface area contributed by atoms with E-state index in [9.17, 15) is 14.4 Å². The zero-order valence-corrected chi connectivity index (χ0v) is 16.8. The van der Waals surface area contributed by atoms with Crippen molar-refractivity contribution in [2.45, 2.75) is 19.4 Å². The molecule has 8 nitrogen and oxygen atoms in total. The number of ketones is 1. The number of aryl methyl sites for hydroxylation is 1. The summed E-state index contributed by atoms with van der Waals surface area (Å²) in [5.74, 6) is 0.366. The SMILES string of the molecule is Cn1c(=O)c2c(ncn2CCN2CCC(C(=O)c3cccs3)CC2)n(C)c1=O. The van der Waals surface area contributed by atoms with Gasteiger partial charge >= 0.3 is 5.69 Å². The first kappa shape index (κ1) is 18.8. The molecule has 148 valence electrons. The molecule has 9 heteroatoms. The number of thiophene rings is 1. The van der Waals surface area contributed by atoms with Crippen LogP contribution in [-0.2, 0) is 20.6 Å². The minimum absolute atomic E-state index is 0.103. The maximum absolute atomic E-state index is 12.5. The highest BCUT2D eigenvalue weighted by atomic mass is 32.1. The van der Waals surface area contributed by atoms with Gasteiger partial charge in [-0.2, -0.15) is 0 Å². The largest absolute Gasteiger partial charge is 0.332 e. The lowest BCUT2D eigenvalue weighted by molar-refractivity contribution is 0.0842. The normalized spacial score (nSPS) is 16.1. The molecule has 3 aromatic heterocycles. The summed E-state index contributed by atoms with van der Waals surface area (Å²) in [6.07, 6.45) is 3.34. The third kappa shape index (κ3) is 3.24. The Kier molecular flexibility index (Phi) is 5.03. The molecule has 0 atom stereocenters. The van der Waals surface area contributed by atoms with Gasteiger partial charge < -0.3 is 9.47 Å². The van der Waals surface area contributed by atoms with E-state index in [2.05, 4.69) is 9.88 Å². The van der Waals surface area contributed by atoms with Gasteiger partial charge in [-0.3, -0.25) is 18.7 Å². The fourth-order valence-electron chi connectivity index (χ4n) is 3.85. The maximum Gasteiger partial charge on any atom is 0.332 e. The minimum Gasteiger partial charge on any atom is -0.323 e. The quantitative estimate of drug-likeness (QED) is 0.598. The van der Waals surface area contributed by atoms with Gasteiger partial charge in [-0.05, 0) is 37.4 Å². The van der Waals surface area contributed by atoms with E-state index in [0.717, 1.165) is 41.9 Å². The average Bonchev–Trinajstić information content (AvgIpc) is 3.39. The van der Waals surface area contributed by atoms with Crippen LogP contribution in [0.2, 0.25) is 0 Å². The van der Waals surface area contributed by atoms with Gasteiger partial charge in [-0.15, -0.1) is 11.3 Å². The lowest BCUT2D eigenvalue weighted by Crippen LogP contribution is -2.39. The second-order valence-corrected chi connectivity index (χ2v) is 8.22. The van der Waals surface area contributed by atoms with Crippen LogP contribution in [0.1, 0.15) is 22.5 Å². The van der Waals surface area contributed by atoms with Crippen LogP contribution >= 0.6 is 11.3 Å². The summed E-state index contributed by atoms with van der Waals surface area (Å²) in [5, 5.41) is 1.94. The highest BCUT2D eigenvalue weighted by Crippen LogP contribution is 2.24. The molecule has 0 N–H and O–H groups in total. The molecule has 1 saturated heterocycles. The topological polar surface area (TPSA) is 82.1 Å². The summed E-state index contributed by atoms with van der Waals surface area (Å²) in [4.78, 5) is 44.5. The molecule has 4 rings (SSSR count). The van der Waals surface area contributed by atoms with E-state index in [1.807, 2.05) is 22.1 Å². The van der Waals surface area contributed by atoms with Gasteiger partial charge in [0, 0.05) is 33.1 Å². The third-order valence-corrected chi connectivity index (χ3v) is 6.48. The number of carbonyl (C=O) groups excluding carboxylic acids is 1. The highest BCUT2D eigenvalue weighted by molar-refractivity contribution is 7.12. The first-order valence-electron chi connectivity index (χ1n) is 9.38. The van der Waals surface area contributed by atoms with E-state index < -0.39 is 0 Å². The minimum atomic E-state index is -0.375. The second-order valence-electron chi connectivity index (χ2n) is 7.27. The summed E-state index contributed by atoms with van der Waals surface area (Å²) >= 11 is 1.51. The van der Waals surface area contributed by atoms with Crippen LogP contribution in [-0.4, -0.2) is 49.0 Å². The molecule has 0 amide bonds. The van der Waals surface area contributed by atoms with Crippen LogP contribution in [0.4, 0.5) is 0 Å². The second kappa shape index (κ2) is 7.48. The van der Waals surface area contributed by atoms with Gasteiger partial charge in [0.2, 0.25) is 0 Å². The fourth-order valence-corrected chi connectivity index (χ4v) is 4.60. The predicted octanol–water partition coefficient (Wildman–Crippen LogP) is 1.09. The van der Waals surface area contributed by atoms with Gasteiger partial charge in [0.25, 0.3) is 5.56 Å². The van der Waals surface area contributed by atoms with Crippen LogP contribution < -0.4 is 11.2 Å². The van der Waals surface area contributed by atoms with Crippen molar-refractivity contribution >= 4 is 28.3 Å². The zero-order valence-electron chi connectivity index (χ0n) is 16.0. The number of hydrogen-bond acceptors (Lipinski definition) is 6. The number of carbonyl (C=O) groups is 1. The molecule has 0 aromatic carbocycles. The number of imidazole rings is 1. The Morgan fingerprint density at radius 1 is 1.18 bits per heavy atom. The van der Waals surface area contributed by atoms with Crippen molar-refractivity contribution in [3.8, 4) is 0 Å². The van der Waals surface area contributed by atoms with Gasteiger partial charge in [0.15, 0.2) is 16.9 Å². The molecule has 0 radical (unpaired) electrons. The smallest absolute Gasteiger partial charge is 0.323 e. The van der Waals surface area contributed by atoms with Gasteiger partial charge in [-0.25, -0.2) is 9.78 Å². The fraction of sp³-hybridized carbons (Fsp3) is 0.474. The summed E-state index contributed by atoms with van der Waals surface area (Å²) in [6.45, 7) is 3.13. The molecule has 0 saturated carbocycles. The van der Waals surface area contributed by atoms with E-state index in [1.54, 1.807) is 13.4 Å². The molecule has 1 aliphatic rings. The van der Waals surface area contributed by atoms with Crippen molar-refractivity contribution in [1.82, 2.24) is 23.6 Å². The van der Waals surface area contributed by atoms with Crippen LogP contribution in [0.5, 0.6) is 0 Å². The number of nitrogens with zero attached hydrogens (tertiary/aromatic N) is 5. The Balaban J connectivity index is 1.42. The molecule has 1 aliphatic heterocycles. The van der Waals surface area contributed by atoms with Crippen LogP contribution in [0.25, 0.3) is 11.2 Å². The third-order valence-electron chi connectivity index (χ3n) is 5.60. The average molecular weight is 401 g/mol. The zero-order chi connectivity index (χ0) is 19.8. The molecule has 1 fully saturated rings. The number of aromatic nitrogens is 4. The van der Waals surface area contributed by atoms with Crippen molar-refractivity contribution in [2.24, 2.45) is 20.0 Å². The van der Waals surface area contributed by atoms with Crippen molar-refractivity contribution in [2.75, 3.05) is 19.6 Å². The van der Waals surface area contributed by atoms with Crippen molar-refractivity contribution in [3.05, 3.63) is 49.6 Å². The number of likely N-dealkylation sites (tertiary alicyclic amines) is 1. The molecule has 0 bridgehead atoms. The Hall–Kier alpha value is -2.52. The molecular weight excluding hydrogens is 378 g/mol. The Labute approximate surface area is 165 Å². The van der Waals surface area contributed by atoms with Crippen LogP contribution in [0.3, 0.4) is 0 Å². The van der Waals surface area contributed by atoms with Crippen molar-refractivity contribution in [3.63, 3.8) is 0 Å². The van der Waals surface area contributed by atoms with Gasteiger partial charge in [-0.1, -0.05) is 6.07 Å². The molecule has 0 unspecified atom stereocenters. The summed E-state index contributed by atoms with van der Waals surface area (Å²) in [6, 6.07) is 3.82. The lowest BCUT2D eigenvalue weighted by atomic mass is 9.92. The van der Waals surface area contributed by atoms with E-state index in [1.165, 1.54) is 23.0 Å². The summed E-state index contributed by atoms with van der Waals surface area (Å²) in [5.41, 5.74) is 0.164. The number of Topliss-reactive ketones (excluding diaryl/α,β-unsaturated/α-hetero) is 1. The van der Waals surface area contributed by atoms with Gasteiger partial charge in [0.1, 0.15) is 0 Å². The van der Waals surface area contributed by atoms with Gasteiger partial charge in [0.05, 0.1) is 11.2 Å². The highest BCUT2D eigenvalue weighted by Gasteiger charge is 2.26. The first-order chi connectivity index (χ1) is 13.5. The molecule has 28 heavy (non-hydrogen) atoms. The van der Waals surface area contributed by atoms with E-state index in [0.29, 0.717) is 17.7 Å². The number of piperidine rings is 1. The monoisotopic (exact) mass is 401 g/mol. The van der Waals surface area contributed by atoms with E-state index in [4.69, 9.17) is 0 Å². The first-order valence-corrected chi connectivity index (χ1v) is 10.3. The summed E-state index contributed by atoms with van der Waals surface area (Å²) < 4.78 is 4.33. The number of hydrogen-bond donors (Lipinski definition) is 0. The number of fused-ring (bicyclic) bond motifs is 1. The van der Waals surface area contributed by atoms with E-state index in [-0.39, 0.29) is 23.0 Å². The molecule has 3 aromatic rings. The van der Waals surface area contributed by atoms with Crippen molar-refractivity contribution in [1.29, 1.82) is 0 Å².